The zero-order chi connectivity index (χ0) is 19.2. The smallest absolute Gasteiger partial charge is 0.186 e. The summed E-state index contributed by atoms with van der Waals surface area (Å²) in [5, 5.41) is 19.6. The number of anilines is 2. The molecule has 0 N–H and O–H groups in total. The van der Waals surface area contributed by atoms with Gasteiger partial charge in [0.05, 0.1) is 10.2 Å². The summed E-state index contributed by atoms with van der Waals surface area (Å²) in [4.78, 5) is 13.5. The molecular formula is C19H16N8S2. The number of nitrogens with zero attached hydrogens (tertiary/aromatic N) is 8. The summed E-state index contributed by atoms with van der Waals surface area (Å²) in [6, 6.07) is 8.10. The fraction of sp³-hybridized carbons (Fsp3) is 0.211. The highest BCUT2D eigenvalue weighted by atomic mass is 32.1. The van der Waals surface area contributed by atoms with E-state index in [1.165, 1.54) is 0 Å². The van der Waals surface area contributed by atoms with Gasteiger partial charge in [-0.3, -0.25) is 0 Å². The average molecular weight is 421 g/mol. The number of hydrogen-bond donors (Lipinski definition) is 0. The van der Waals surface area contributed by atoms with Crippen molar-refractivity contribution in [3.63, 3.8) is 0 Å². The van der Waals surface area contributed by atoms with E-state index < -0.39 is 0 Å². The van der Waals surface area contributed by atoms with Crippen LogP contribution in [-0.2, 0) is 0 Å². The minimum Gasteiger partial charge on any atom is -0.352 e. The van der Waals surface area contributed by atoms with E-state index in [4.69, 9.17) is 5.10 Å². The fourth-order valence-electron chi connectivity index (χ4n) is 3.67. The van der Waals surface area contributed by atoms with Gasteiger partial charge in [-0.25, -0.2) is 9.97 Å². The zero-order valence-corrected chi connectivity index (χ0v) is 17.0. The van der Waals surface area contributed by atoms with E-state index in [2.05, 4.69) is 40.7 Å². The lowest BCUT2D eigenvalue weighted by molar-refractivity contribution is 0.638. The quantitative estimate of drug-likeness (QED) is 0.444. The van der Waals surface area contributed by atoms with Gasteiger partial charge in [0, 0.05) is 37.1 Å². The van der Waals surface area contributed by atoms with Crippen molar-refractivity contribution in [3.05, 3.63) is 46.7 Å². The van der Waals surface area contributed by atoms with Crippen LogP contribution in [0.15, 0.2) is 46.7 Å². The number of hydrogen-bond acceptors (Lipinski definition) is 9. The van der Waals surface area contributed by atoms with Crippen molar-refractivity contribution in [2.24, 2.45) is 0 Å². The van der Waals surface area contributed by atoms with E-state index in [0.29, 0.717) is 0 Å². The lowest BCUT2D eigenvalue weighted by Gasteiger charge is -2.36. The molecule has 1 aliphatic heterocycles. The number of aromatic nitrogens is 6. The molecule has 5 aromatic rings. The van der Waals surface area contributed by atoms with Gasteiger partial charge in [-0.05, 0) is 35.0 Å². The minimum absolute atomic E-state index is 0.759. The maximum Gasteiger partial charge on any atom is 0.186 e. The van der Waals surface area contributed by atoms with E-state index in [9.17, 15) is 0 Å². The van der Waals surface area contributed by atoms with Crippen LogP contribution in [0, 0.1) is 0 Å². The fourth-order valence-corrected chi connectivity index (χ4v) is 5.16. The molecule has 0 aliphatic carbocycles. The van der Waals surface area contributed by atoms with Gasteiger partial charge in [0.2, 0.25) is 0 Å². The van der Waals surface area contributed by atoms with Gasteiger partial charge in [0.25, 0.3) is 0 Å². The normalized spacial score (nSPS) is 14.9. The molecule has 6 heterocycles. The first-order chi connectivity index (χ1) is 14.4. The number of rotatable bonds is 3. The third-order valence-electron chi connectivity index (χ3n) is 5.16. The molecule has 5 aromatic heterocycles. The van der Waals surface area contributed by atoms with E-state index in [-0.39, 0.29) is 0 Å². The van der Waals surface area contributed by atoms with Crippen molar-refractivity contribution < 1.29 is 0 Å². The highest BCUT2D eigenvalue weighted by Crippen LogP contribution is 2.29. The maximum atomic E-state index is 4.83. The summed E-state index contributed by atoms with van der Waals surface area (Å²) < 4.78 is 2.99. The Labute approximate surface area is 174 Å². The van der Waals surface area contributed by atoms with Crippen molar-refractivity contribution >= 4 is 50.2 Å². The highest BCUT2D eigenvalue weighted by molar-refractivity contribution is 7.17. The molecule has 10 heteroatoms. The average Bonchev–Trinajstić information content (AvgIpc) is 3.53. The summed E-state index contributed by atoms with van der Waals surface area (Å²) in [5.41, 5.74) is 2.82. The van der Waals surface area contributed by atoms with Crippen LogP contribution >= 0.6 is 22.7 Å². The summed E-state index contributed by atoms with van der Waals surface area (Å²) in [6.07, 6.45) is 1.66. The molecule has 0 unspecified atom stereocenters. The summed E-state index contributed by atoms with van der Waals surface area (Å²) >= 11 is 3.34. The molecule has 1 saturated heterocycles. The molecule has 6 rings (SSSR count). The molecule has 1 fully saturated rings. The first kappa shape index (κ1) is 16.8. The number of thiophene rings is 2. The van der Waals surface area contributed by atoms with Crippen LogP contribution in [0.5, 0.6) is 0 Å². The third kappa shape index (κ3) is 2.83. The summed E-state index contributed by atoms with van der Waals surface area (Å²) in [6.45, 7) is 3.54. The Morgan fingerprint density at radius 2 is 1.76 bits per heavy atom. The van der Waals surface area contributed by atoms with Crippen LogP contribution < -0.4 is 9.80 Å². The molecule has 144 valence electrons. The highest BCUT2D eigenvalue weighted by Gasteiger charge is 2.22. The largest absolute Gasteiger partial charge is 0.352 e. The Kier molecular flexibility index (Phi) is 3.91. The lowest BCUT2D eigenvalue weighted by Crippen LogP contribution is -2.47. The second-order valence-corrected chi connectivity index (χ2v) is 8.50. The van der Waals surface area contributed by atoms with Crippen LogP contribution in [0.4, 0.5) is 11.6 Å². The molecule has 0 radical (unpaired) electrons. The van der Waals surface area contributed by atoms with Gasteiger partial charge >= 0.3 is 0 Å². The molecule has 0 aromatic carbocycles. The van der Waals surface area contributed by atoms with Crippen molar-refractivity contribution in [2.45, 2.75) is 0 Å². The van der Waals surface area contributed by atoms with Gasteiger partial charge in [0.1, 0.15) is 18.0 Å². The number of piperazine rings is 1. The van der Waals surface area contributed by atoms with Crippen LogP contribution in [0.2, 0.25) is 0 Å². The van der Waals surface area contributed by atoms with Gasteiger partial charge in [0.15, 0.2) is 11.5 Å². The monoisotopic (exact) mass is 420 g/mol. The van der Waals surface area contributed by atoms with Crippen molar-refractivity contribution in [3.8, 4) is 11.4 Å². The molecule has 0 bridgehead atoms. The Bertz CT molecular complexity index is 1280. The topological polar surface area (TPSA) is 75.3 Å². The minimum atomic E-state index is 0.759. The number of fused-ring (bicyclic) bond motifs is 2. The van der Waals surface area contributed by atoms with E-state index in [0.717, 1.165) is 65.1 Å². The second kappa shape index (κ2) is 6.75. The Morgan fingerprint density at radius 3 is 2.62 bits per heavy atom. The standard InChI is InChI=1S/C19H16N8S2/c1-2-16(24-27-15(1)22-23-18(27)13-3-9-28-11-13)25-5-7-26(8-6-25)19-17-14(4-10-29-17)20-12-21-19/h1-4,9-12H,5-8H2. The zero-order valence-electron chi connectivity index (χ0n) is 15.3. The maximum absolute atomic E-state index is 4.83. The van der Waals surface area contributed by atoms with Crippen LogP contribution in [0.1, 0.15) is 0 Å². The summed E-state index contributed by atoms with van der Waals surface area (Å²) in [7, 11) is 0. The third-order valence-corrected chi connectivity index (χ3v) is 6.74. The molecular weight excluding hydrogens is 404 g/mol. The summed E-state index contributed by atoms with van der Waals surface area (Å²) in [5.74, 6) is 2.76. The molecule has 0 saturated carbocycles. The van der Waals surface area contributed by atoms with Crippen LogP contribution in [0.25, 0.3) is 27.3 Å². The lowest BCUT2D eigenvalue weighted by atomic mass is 10.3. The van der Waals surface area contributed by atoms with Crippen molar-refractivity contribution in [1.29, 1.82) is 0 Å². The predicted octanol–water partition coefficient (Wildman–Crippen LogP) is 3.18. The van der Waals surface area contributed by atoms with Gasteiger partial charge < -0.3 is 9.80 Å². The molecule has 8 nitrogen and oxygen atoms in total. The SMILES string of the molecule is c1nc(N2CCN(c3ccc4nnc(-c5ccsc5)n4n3)CC2)c2sccc2n1. The van der Waals surface area contributed by atoms with Crippen molar-refractivity contribution in [2.75, 3.05) is 36.0 Å². The van der Waals surface area contributed by atoms with Gasteiger partial charge in [-0.2, -0.15) is 15.9 Å². The van der Waals surface area contributed by atoms with E-state index in [1.807, 2.05) is 34.2 Å². The Hall–Kier alpha value is -3.11. The van der Waals surface area contributed by atoms with Crippen LogP contribution in [0.3, 0.4) is 0 Å². The van der Waals surface area contributed by atoms with E-state index >= 15 is 0 Å². The Balaban J connectivity index is 1.26. The van der Waals surface area contributed by atoms with Gasteiger partial charge in [-0.15, -0.1) is 26.6 Å². The molecule has 0 atom stereocenters. The Morgan fingerprint density at radius 1 is 0.862 bits per heavy atom. The van der Waals surface area contributed by atoms with Gasteiger partial charge in [-0.1, -0.05) is 0 Å². The molecule has 0 spiro atoms. The first-order valence-electron chi connectivity index (χ1n) is 9.30. The molecule has 29 heavy (non-hydrogen) atoms. The van der Waals surface area contributed by atoms with Crippen molar-refractivity contribution in [1.82, 2.24) is 29.8 Å². The second-order valence-electron chi connectivity index (χ2n) is 6.80. The molecule has 1 aliphatic rings. The van der Waals surface area contributed by atoms with E-state index in [1.54, 1.807) is 29.0 Å². The first-order valence-corrected chi connectivity index (χ1v) is 11.1. The molecule has 0 amide bonds. The predicted molar refractivity (Wildman–Crippen MR) is 116 cm³/mol. The van der Waals surface area contributed by atoms with Crippen LogP contribution in [-0.4, -0.2) is 56.0 Å².